The minimum Gasteiger partial charge on any atom is -0.497 e. The Bertz CT molecular complexity index is 781. The molecule has 0 bridgehead atoms. The molecule has 0 heterocycles. The zero-order valence-corrected chi connectivity index (χ0v) is 14.2. The van der Waals surface area contributed by atoms with Gasteiger partial charge >= 0.3 is 0 Å². The predicted octanol–water partition coefficient (Wildman–Crippen LogP) is 2.33. The lowest BCUT2D eigenvalue weighted by molar-refractivity contribution is -0.115. The van der Waals surface area contributed by atoms with E-state index in [1.54, 1.807) is 62.8 Å². The van der Waals surface area contributed by atoms with Crippen LogP contribution >= 0.6 is 0 Å². The first-order chi connectivity index (χ1) is 12.0. The molecule has 0 spiro atoms. The normalized spacial score (nSPS) is 11.8. The van der Waals surface area contributed by atoms with Gasteiger partial charge in [0.15, 0.2) is 5.84 Å². The topological polar surface area (TPSA) is 95.5 Å². The Morgan fingerprint density at radius 2 is 1.36 bits per heavy atom. The van der Waals surface area contributed by atoms with Crippen LogP contribution in [0.3, 0.4) is 0 Å². The van der Waals surface area contributed by atoms with Crippen molar-refractivity contribution in [3.63, 3.8) is 0 Å². The fourth-order valence-corrected chi connectivity index (χ4v) is 1.92. The number of rotatable bonds is 5. The van der Waals surface area contributed by atoms with Crippen LogP contribution in [-0.2, 0) is 9.63 Å². The van der Waals surface area contributed by atoms with Gasteiger partial charge in [-0.25, -0.2) is 0 Å². The van der Waals surface area contributed by atoms with Crippen molar-refractivity contribution in [3.05, 3.63) is 59.7 Å². The molecule has 7 heteroatoms. The number of hydrogen-bond acceptors (Lipinski definition) is 5. The smallest absolute Gasteiger partial charge is 0.259 e. The summed E-state index contributed by atoms with van der Waals surface area (Å²) in [5.74, 6) is 1.16. The Morgan fingerprint density at radius 1 is 0.880 bits per heavy atom. The monoisotopic (exact) mass is 341 g/mol. The van der Waals surface area contributed by atoms with Crippen LogP contribution in [0.5, 0.6) is 11.5 Å². The van der Waals surface area contributed by atoms with Crippen LogP contribution in [0.15, 0.2) is 58.7 Å². The average molecular weight is 341 g/mol. The second kappa shape index (κ2) is 8.49. The van der Waals surface area contributed by atoms with Gasteiger partial charge in [-0.2, -0.15) is 4.99 Å². The van der Waals surface area contributed by atoms with Crippen molar-refractivity contribution in [1.82, 2.24) is 0 Å². The van der Waals surface area contributed by atoms with Crippen LogP contribution in [0.2, 0.25) is 0 Å². The molecular weight excluding hydrogens is 322 g/mol. The molecule has 0 saturated heterocycles. The van der Waals surface area contributed by atoms with Gasteiger partial charge in [-0.3, -0.25) is 4.79 Å². The minimum atomic E-state index is -0.413. The van der Waals surface area contributed by atoms with Crippen molar-refractivity contribution < 1.29 is 19.1 Å². The molecule has 0 aliphatic rings. The van der Waals surface area contributed by atoms with E-state index >= 15 is 0 Å². The van der Waals surface area contributed by atoms with E-state index in [0.717, 1.165) is 0 Å². The minimum absolute atomic E-state index is 0.0478. The molecule has 0 atom stereocenters. The van der Waals surface area contributed by atoms with E-state index in [-0.39, 0.29) is 11.7 Å². The van der Waals surface area contributed by atoms with Gasteiger partial charge in [-0.15, -0.1) is 0 Å². The van der Waals surface area contributed by atoms with Gasteiger partial charge in [0.1, 0.15) is 11.5 Å². The molecule has 1 amide bonds. The SMILES string of the molecule is COc1ccc(C(=NC(C)=O)O/N=C(\N)c2ccc(OC)cc2)cc1. The summed E-state index contributed by atoms with van der Waals surface area (Å²) < 4.78 is 10.2. The summed E-state index contributed by atoms with van der Waals surface area (Å²) in [6, 6.07) is 13.9. The van der Waals surface area contributed by atoms with Gasteiger partial charge in [0.2, 0.25) is 5.91 Å². The Hall–Kier alpha value is -3.35. The third-order valence-electron chi connectivity index (χ3n) is 3.21. The number of amidine groups is 1. The Kier molecular flexibility index (Phi) is 6.11. The predicted molar refractivity (Wildman–Crippen MR) is 95.0 cm³/mol. The first-order valence-corrected chi connectivity index (χ1v) is 7.42. The fraction of sp³-hybridized carbons (Fsp3) is 0.167. The molecule has 0 aliphatic carbocycles. The number of methoxy groups -OCH3 is 2. The van der Waals surface area contributed by atoms with Crippen molar-refractivity contribution in [2.24, 2.45) is 15.9 Å². The lowest BCUT2D eigenvalue weighted by Gasteiger charge is -2.06. The van der Waals surface area contributed by atoms with E-state index in [9.17, 15) is 4.79 Å². The van der Waals surface area contributed by atoms with E-state index in [2.05, 4.69) is 10.1 Å². The van der Waals surface area contributed by atoms with Crippen molar-refractivity contribution in [3.8, 4) is 11.5 Å². The Balaban J connectivity index is 2.22. The molecule has 2 aromatic carbocycles. The summed E-state index contributed by atoms with van der Waals surface area (Å²) in [6.45, 7) is 1.32. The van der Waals surface area contributed by atoms with Crippen molar-refractivity contribution >= 4 is 17.6 Å². The standard InChI is InChI=1S/C18H19N3O4/c1-12(22)20-18(14-6-10-16(24-3)11-7-14)25-21-17(19)13-4-8-15(23-2)9-5-13/h4-11H,1-3H3,(H2,19,21). The Labute approximate surface area is 145 Å². The fourth-order valence-electron chi connectivity index (χ4n) is 1.92. The van der Waals surface area contributed by atoms with E-state index in [0.29, 0.717) is 22.6 Å². The molecule has 25 heavy (non-hydrogen) atoms. The number of nitrogens with zero attached hydrogens (tertiary/aromatic N) is 2. The molecule has 2 rings (SSSR count). The molecule has 2 aromatic rings. The number of aliphatic imine (C=N–C) groups is 1. The number of carbonyl (C=O) groups excluding carboxylic acids is 1. The van der Waals surface area contributed by atoms with Gasteiger partial charge < -0.3 is 20.0 Å². The van der Waals surface area contributed by atoms with Crippen molar-refractivity contribution in [1.29, 1.82) is 0 Å². The maximum atomic E-state index is 11.3. The first kappa shape index (κ1) is 18.0. The third kappa shape index (κ3) is 5.07. The lowest BCUT2D eigenvalue weighted by atomic mass is 10.2. The summed E-state index contributed by atoms with van der Waals surface area (Å²) in [5.41, 5.74) is 7.14. The summed E-state index contributed by atoms with van der Waals surface area (Å²) >= 11 is 0. The summed E-state index contributed by atoms with van der Waals surface area (Å²) in [4.78, 5) is 20.5. The van der Waals surface area contributed by atoms with Crippen molar-refractivity contribution in [2.75, 3.05) is 14.2 Å². The molecule has 2 N–H and O–H groups in total. The van der Waals surface area contributed by atoms with Gasteiger partial charge in [0.05, 0.1) is 14.2 Å². The molecule has 0 aliphatic heterocycles. The summed E-state index contributed by atoms with van der Waals surface area (Å²) in [6.07, 6.45) is 0. The molecule has 7 nitrogen and oxygen atoms in total. The second-order valence-electron chi connectivity index (χ2n) is 4.96. The number of benzene rings is 2. The zero-order valence-electron chi connectivity index (χ0n) is 14.2. The van der Waals surface area contributed by atoms with Gasteiger partial charge in [-0.05, 0) is 48.5 Å². The van der Waals surface area contributed by atoms with Gasteiger partial charge in [-0.1, -0.05) is 5.16 Å². The lowest BCUT2D eigenvalue weighted by Crippen LogP contribution is -2.16. The molecule has 0 saturated carbocycles. The number of amides is 1. The number of hydrogen-bond donors (Lipinski definition) is 1. The van der Waals surface area contributed by atoms with E-state index in [1.165, 1.54) is 6.92 Å². The molecule has 0 aromatic heterocycles. The van der Waals surface area contributed by atoms with Crippen LogP contribution in [0.25, 0.3) is 0 Å². The second-order valence-corrected chi connectivity index (χ2v) is 4.96. The van der Waals surface area contributed by atoms with Crippen LogP contribution < -0.4 is 15.2 Å². The highest BCUT2D eigenvalue weighted by atomic mass is 16.6. The molecule has 0 unspecified atom stereocenters. The van der Waals surface area contributed by atoms with E-state index in [1.807, 2.05) is 0 Å². The summed E-state index contributed by atoms with van der Waals surface area (Å²) in [7, 11) is 3.14. The van der Waals surface area contributed by atoms with Crippen molar-refractivity contribution in [2.45, 2.75) is 6.92 Å². The van der Waals surface area contributed by atoms with E-state index < -0.39 is 5.91 Å². The summed E-state index contributed by atoms with van der Waals surface area (Å²) in [5, 5.41) is 3.86. The number of nitrogens with two attached hydrogens (primary N) is 1. The quantitative estimate of drug-likeness (QED) is 0.511. The molecule has 130 valence electrons. The maximum Gasteiger partial charge on any atom is 0.259 e. The van der Waals surface area contributed by atoms with Crippen LogP contribution in [0, 0.1) is 0 Å². The molecule has 0 radical (unpaired) electrons. The Morgan fingerprint density at radius 3 is 1.80 bits per heavy atom. The average Bonchev–Trinajstić information content (AvgIpc) is 2.64. The van der Waals surface area contributed by atoms with Crippen LogP contribution in [0.1, 0.15) is 18.1 Å². The number of oxime groups is 1. The van der Waals surface area contributed by atoms with Gasteiger partial charge in [0.25, 0.3) is 5.90 Å². The number of carbonyl (C=O) groups is 1. The largest absolute Gasteiger partial charge is 0.497 e. The molecule has 0 fully saturated rings. The highest BCUT2D eigenvalue weighted by Gasteiger charge is 2.09. The van der Waals surface area contributed by atoms with Crippen LogP contribution in [-0.4, -0.2) is 31.9 Å². The third-order valence-corrected chi connectivity index (χ3v) is 3.21. The highest BCUT2D eigenvalue weighted by Crippen LogP contribution is 2.14. The highest BCUT2D eigenvalue weighted by molar-refractivity contribution is 6.02. The van der Waals surface area contributed by atoms with E-state index in [4.69, 9.17) is 20.0 Å². The van der Waals surface area contributed by atoms with Crippen LogP contribution in [0.4, 0.5) is 0 Å². The number of ether oxygens (including phenoxy) is 2. The first-order valence-electron chi connectivity index (χ1n) is 7.42. The van der Waals surface area contributed by atoms with Gasteiger partial charge in [0, 0.05) is 18.1 Å². The zero-order chi connectivity index (χ0) is 18.2. The molecular formula is C18H19N3O4. The maximum absolute atomic E-state index is 11.3.